The standard InChI is InChI=1S/C13H18N4O2/c1-2-3-11(10-14)16-5-7-17(8-6-16)13(18)12-4-9-19-15-12/h4,9,11H,2-3,5-8H2,1H3. The van der Waals surface area contributed by atoms with Crippen LogP contribution in [0.2, 0.25) is 0 Å². The summed E-state index contributed by atoms with van der Waals surface area (Å²) >= 11 is 0. The van der Waals surface area contributed by atoms with E-state index in [9.17, 15) is 4.79 Å². The van der Waals surface area contributed by atoms with Gasteiger partial charge in [0, 0.05) is 32.2 Å². The summed E-state index contributed by atoms with van der Waals surface area (Å²) in [5.41, 5.74) is 0.346. The number of rotatable bonds is 4. The van der Waals surface area contributed by atoms with Crippen LogP contribution in [0.5, 0.6) is 0 Å². The molecule has 19 heavy (non-hydrogen) atoms. The van der Waals surface area contributed by atoms with Gasteiger partial charge >= 0.3 is 0 Å². The van der Waals surface area contributed by atoms with Crippen LogP contribution in [0.4, 0.5) is 0 Å². The number of carbonyl (C=O) groups is 1. The molecule has 1 unspecified atom stereocenters. The molecule has 6 nitrogen and oxygen atoms in total. The van der Waals surface area contributed by atoms with Crippen molar-refractivity contribution in [2.24, 2.45) is 0 Å². The molecule has 0 saturated carbocycles. The predicted octanol–water partition coefficient (Wildman–Crippen LogP) is 1.12. The summed E-state index contributed by atoms with van der Waals surface area (Å²) in [4.78, 5) is 16.0. The first-order valence-electron chi connectivity index (χ1n) is 6.59. The van der Waals surface area contributed by atoms with Crippen LogP contribution in [-0.2, 0) is 0 Å². The number of carbonyl (C=O) groups excluding carboxylic acids is 1. The zero-order valence-corrected chi connectivity index (χ0v) is 11.1. The summed E-state index contributed by atoms with van der Waals surface area (Å²) in [6.45, 7) is 4.82. The monoisotopic (exact) mass is 262 g/mol. The van der Waals surface area contributed by atoms with Gasteiger partial charge in [0.2, 0.25) is 0 Å². The third kappa shape index (κ3) is 3.12. The van der Waals surface area contributed by atoms with Crippen LogP contribution in [0.3, 0.4) is 0 Å². The fourth-order valence-electron chi connectivity index (χ4n) is 2.32. The summed E-state index contributed by atoms with van der Waals surface area (Å²) < 4.78 is 4.68. The minimum Gasteiger partial charge on any atom is -0.364 e. The van der Waals surface area contributed by atoms with Crippen molar-refractivity contribution in [3.05, 3.63) is 18.0 Å². The van der Waals surface area contributed by atoms with Crippen LogP contribution in [0.25, 0.3) is 0 Å². The van der Waals surface area contributed by atoms with Gasteiger partial charge in [-0.05, 0) is 6.42 Å². The van der Waals surface area contributed by atoms with Crippen molar-refractivity contribution in [3.8, 4) is 6.07 Å². The van der Waals surface area contributed by atoms with Gasteiger partial charge in [0.1, 0.15) is 6.26 Å². The number of aromatic nitrogens is 1. The van der Waals surface area contributed by atoms with Crippen LogP contribution < -0.4 is 0 Å². The number of hydrogen-bond donors (Lipinski definition) is 0. The smallest absolute Gasteiger partial charge is 0.276 e. The second kappa shape index (κ2) is 6.34. The molecule has 1 aliphatic rings. The van der Waals surface area contributed by atoms with E-state index in [1.54, 1.807) is 11.0 Å². The predicted molar refractivity (Wildman–Crippen MR) is 68.3 cm³/mol. The minimum atomic E-state index is -0.0996. The fourth-order valence-corrected chi connectivity index (χ4v) is 2.32. The van der Waals surface area contributed by atoms with Gasteiger partial charge in [0.25, 0.3) is 5.91 Å². The molecule has 0 spiro atoms. The third-order valence-corrected chi connectivity index (χ3v) is 3.41. The molecule has 2 rings (SSSR count). The van der Waals surface area contributed by atoms with Gasteiger partial charge in [-0.3, -0.25) is 9.69 Å². The summed E-state index contributed by atoms with van der Waals surface area (Å²) in [6, 6.07) is 3.88. The van der Waals surface area contributed by atoms with E-state index in [1.807, 2.05) is 0 Å². The van der Waals surface area contributed by atoms with Gasteiger partial charge in [-0.1, -0.05) is 18.5 Å². The van der Waals surface area contributed by atoms with Gasteiger partial charge in [-0.25, -0.2) is 0 Å². The molecule has 1 aromatic heterocycles. The van der Waals surface area contributed by atoms with Crippen molar-refractivity contribution in [1.29, 1.82) is 5.26 Å². The lowest BCUT2D eigenvalue weighted by Crippen LogP contribution is -2.51. The van der Waals surface area contributed by atoms with Crippen molar-refractivity contribution >= 4 is 5.91 Å². The maximum Gasteiger partial charge on any atom is 0.276 e. The number of piperazine rings is 1. The van der Waals surface area contributed by atoms with Crippen molar-refractivity contribution in [3.63, 3.8) is 0 Å². The first-order chi connectivity index (χ1) is 9.26. The Morgan fingerprint density at radius 3 is 2.79 bits per heavy atom. The highest BCUT2D eigenvalue weighted by atomic mass is 16.5. The van der Waals surface area contributed by atoms with E-state index in [0.717, 1.165) is 25.9 Å². The Labute approximate surface area is 112 Å². The molecule has 2 heterocycles. The maximum absolute atomic E-state index is 12.1. The Bertz CT molecular complexity index is 444. The number of nitrogens with zero attached hydrogens (tertiary/aromatic N) is 4. The largest absolute Gasteiger partial charge is 0.364 e. The van der Waals surface area contributed by atoms with E-state index in [4.69, 9.17) is 5.26 Å². The second-order valence-corrected chi connectivity index (χ2v) is 4.65. The number of hydrogen-bond acceptors (Lipinski definition) is 5. The van der Waals surface area contributed by atoms with Crippen molar-refractivity contribution in [2.45, 2.75) is 25.8 Å². The molecule has 6 heteroatoms. The molecular formula is C13H18N4O2. The molecule has 1 saturated heterocycles. The lowest BCUT2D eigenvalue weighted by Gasteiger charge is -2.36. The summed E-state index contributed by atoms with van der Waals surface area (Å²) in [7, 11) is 0. The molecule has 102 valence electrons. The van der Waals surface area contributed by atoms with E-state index in [0.29, 0.717) is 18.8 Å². The molecule has 1 aliphatic heterocycles. The zero-order chi connectivity index (χ0) is 13.7. The molecule has 1 fully saturated rings. The molecule has 1 aromatic rings. The first kappa shape index (κ1) is 13.6. The Kier molecular flexibility index (Phi) is 4.53. The topological polar surface area (TPSA) is 73.4 Å². The van der Waals surface area contributed by atoms with E-state index in [1.165, 1.54) is 6.26 Å². The van der Waals surface area contributed by atoms with Crippen molar-refractivity contribution in [1.82, 2.24) is 15.0 Å². The van der Waals surface area contributed by atoms with Gasteiger partial charge in [-0.15, -0.1) is 0 Å². The highest BCUT2D eigenvalue weighted by Gasteiger charge is 2.27. The molecule has 1 atom stereocenters. The Balaban J connectivity index is 1.89. The molecule has 1 amide bonds. The Morgan fingerprint density at radius 2 is 2.26 bits per heavy atom. The zero-order valence-electron chi connectivity index (χ0n) is 11.1. The maximum atomic E-state index is 12.1. The van der Waals surface area contributed by atoms with Gasteiger partial charge in [0.15, 0.2) is 5.69 Å². The highest BCUT2D eigenvalue weighted by molar-refractivity contribution is 5.92. The van der Waals surface area contributed by atoms with Crippen LogP contribution in [-0.4, -0.2) is 53.1 Å². The normalized spacial score (nSPS) is 18.0. The Hall–Kier alpha value is -1.87. The van der Waals surface area contributed by atoms with Gasteiger partial charge in [-0.2, -0.15) is 5.26 Å². The van der Waals surface area contributed by atoms with Crippen LogP contribution >= 0.6 is 0 Å². The van der Waals surface area contributed by atoms with Gasteiger partial charge < -0.3 is 9.42 Å². The van der Waals surface area contributed by atoms with Crippen molar-refractivity contribution < 1.29 is 9.32 Å². The minimum absolute atomic E-state index is 0.0331. The average molecular weight is 262 g/mol. The lowest BCUT2D eigenvalue weighted by molar-refractivity contribution is 0.0591. The van der Waals surface area contributed by atoms with Gasteiger partial charge in [0.05, 0.1) is 12.1 Å². The van der Waals surface area contributed by atoms with E-state index >= 15 is 0 Å². The van der Waals surface area contributed by atoms with E-state index < -0.39 is 0 Å². The second-order valence-electron chi connectivity index (χ2n) is 4.65. The molecule has 0 aliphatic carbocycles. The quantitative estimate of drug-likeness (QED) is 0.813. The molecule has 0 N–H and O–H groups in total. The van der Waals surface area contributed by atoms with E-state index in [2.05, 4.69) is 27.6 Å². The highest BCUT2D eigenvalue weighted by Crippen LogP contribution is 2.12. The summed E-state index contributed by atoms with van der Waals surface area (Å²) in [6.07, 6.45) is 3.28. The summed E-state index contributed by atoms with van der Waals surface area (Å²) in [5, 5.41) is 12.8. The van der Waals surface area contributed by atoms with Crippen molar-refractivity contribution in [2.75, 3.05) is 26.2 Å². The SMILES string of the molecule is CCCC(C#N)N1CCN(C(=O)c2ccon2)CC1. The first-order valence-corrected chi connectivity index (χ1v) is 6.59. The average Bonchev–Trinajstić information content (AvgIpc) is 2.98. The van der Waals surface area contributed by atoms with E-state index in [-0.39, 0.29) is 11.9 Å². The van der Waals surface area contributed by atoms with Crippen LogP contribution in [0.15, 0.2) is 16.9 Å². The van der Waals surface area contributed by atoms with Crippen LogP contribution in [0, 0.1) is 11.3 Å². The lowest BCUT2D eigenvalue weighted by atomic mass is 10.1. The number of nitriles is 1. The van der Waals surface area contributed by atoms with Crippen LogP contribution in [0.1, 0.15) is 30.3 Å². The molecule has 0 aromatic carbocycles. The molecule has 0 bridgehead atoms. The third-order valence-electron chi connectivity index (χ3n) is 3.41. The Morgan fingerprint density at radius 1 is 1.53 bits per heavy atom. The molecular weight excluding hydrogens is 244 g/mol. The summed E-state index contributed by atoms with van der Waals surface area (Å²) in [5.74, 6) is -0.0996. The number of amides is 1. The fraction of sp³-hybridized carbons (Fsp3) is 0.615. The molecule has 0 radical (unpaired) electrons.